The monoisotopic (exact) mass is 351 g/mol. The third kappa shape index (κ3) is 4.20. The molecule has 3 rings (SSSR count). The summed E-state index contributed by atoms with van der Waals surface area (Å²) >= 11 is 1.81. The molecule has 2 aromatic carbocycles. The second-order valence-corrected chi connectivity index (χ2v) is 6.80. The van der Waals surface area contributed by atoms with E-state index in [1.807, 2.05) is 23.9 Å². The lowest BCUT2D eigenvalue weighted by atomic mass is 10.0. The van der Waals surface area contributed by atoms with Crippen molar-refractivity contribution in [1.82, 2.24) is 5.32 Å². The summed E-state index contributed by atoms with van der Waals surface area (Å²) in [6.07, 6.45) is 0.705. The molecule has 2 amide bonds. The summed E-state index contributed by atoms with van der Waals surface area (Å²) in [6.45, 7) is 0. The van der Waals surface area contributed by atoms with Crippen molar-refractivity contribution in [3.05, 3.63) is 59.7 Å². The largest absolute Gasteiger partial charge is 0.345 e. The fourth-order valence-corrected chi connectivity index (χ4v) is 3.84. The number of fused-ring (bicyclic) bond motifs is 1. The predicted molar refractivity (Wildman–Crippen MR) is 97.3 cm³/mol. The van der Waals surface area contributed by atoms with Crippen molar-refractivity contribution < 1.29 is 9.59 Å². The van der Waals surface area contributed by atoms with Crippen LogP contribution in [-0.4, -0.2) is 17.6 Å². The molecule has 25 heavy (non-hydrogen) atoms. The zero-order valence-corrected chi connectivity index (χ0v) is 14.3. The summed E-state index contributed by atoms with van der Waals surface area (Å²) in [6, 6.07) is 16.6. The van der Waals surface area contributed by atoms with Crippen molar-refractivity contribution in [2.75, 3.05) is 11.1 Å². The Labute approximate surface area is 150 Å². The summed E-state index contributed by atoms with van der Waals surface area (Å²) < 4.78 is 0. The van der Waals surface area contributed by atoms with E-state index < -0.39 is 0 Å². The lowest BCUT2D eigenvalue weighted by molar-refractivity contribution is -0.115. The van der Waals surface area contributed by atoms with Crippen LogP contribution in [0.3, 0.4) is 0 Å². The first-order valence-corrected chi connectivity index (χ1v) is 8.95. The zero-order valence-electron chi connectivity index (χ0n) is 13.5. The minimum Gasteiger partial charge on any atom is -0.345 e. The lowest BCUT2D eigenvalue weighted by Gasteiger charge is -2.25. The molecule has 0 aromatic heterocycles. The fraction of sp³-hybridized carbons (Fsp3) is 0.211. The molecule has 1 aliphatic heterocycles. The smallest absolute Gasteiger partial charge is 0.251 e. The molecule has 5 nitrogen and oxygen atoms in total. The highest BCUT2D eigenvalue weighted by atomic mass is 32.2. The van der Waals surface area contributed by atoms with Gasteiger partial charge in [-0.1, -0.05) is 18.2 Å². The van der Waals surface area contributed by atoms with Crippen LogP contribution < -0.4 is 10.6 Å². The first kappa shape index (κ1) is 17.1. The van der Waals surface area contributed by atoms with E-state index in [1.54, 1.807) is 30.3 Å². The van der Waals surface area contributed by atoms with E-state index in [9.17, 15) is 9.59 Å². The summed E-state index contributed by atoms with van der Waals surface area (Å²) in [7, 11) is 0. The quantitative estimate of drug-likeness (QED) is 0.883. The Hall–Kier alpha value is -2.78. The topological polar surface area (TPSA) is 82.0 Å². The van der Waals surface area contributed by atoms with E-state index in [0.717, 1.165) is 17.7 Å². The highest BCUT2D eigenvalue weighted by molar-refractivity contribution is 7.99. The molecule has 0 saturated heterocycles. The minimum absolute atomic E-state index is 0.0138. The van der Waals surface area contributed by atoms with Gasteiger partial charge in [-0.25, -0.2) is 0 Å². The minimum atomic E-state index is -0.365. The second kappa shape index (κ2) is 7.86. The van der Waals surface area contributed by atoms with Gasteiger partial charge >= 0.3 is 0 Å². The zero-order chi connectivity index (χ0) is 17.6. The number of anilines is 1. The van der Waals surface area contributed by atoms with Gasteiger partial charge in [0.25, 0.3) is 5.91 Å². The van der Waals surface area contributed by atoms with Gasteiger partial charge in [0.05, 0.1) is 12.1 Å². The number of carbonyl (C=O) groups excluding carboxylic acids is 2. The number of rotatable bonds is 4. The van der Waals surface area contributed by atoms with Gasteiger partial charge in [-0.3, -0.25) is 9.59 Å². The van der Waals surface area contributed by atoms with E-state index >= 15 is 0 Å². The van der Waals surface area contributed by atoms with Gasteiger partial charge in [0.2, 0.25) is 5.91 Å². The van der Waals surface area contributed by atoms with Crippen molar-refractivity contribution in [2.45, 2.75) is 23.8 Å². The van der Waals surface area contributed by atoms with Crippen molar-refractivity contribution in [3.63, 3.8) is 0 Å². The molecule has 1 atom stereocenters. The maximum Gasteiger partial charge on any atom is 0.251 e. The number of thioether (sulfide) groups is 1. The number of nitrogens with one attached hydrogen (secondary N) is 2. The standard InChI is InChI=1S/C19H17N3O2S/c20-11-9-18(23)21-14-7-5-13(6-8-14)19(24)22-16-10-12-25-17-4-2-1-3-15(16)17/h1-8,16H,9-10,12H2,(H,21,23)(H,22,24)/t16-/m1/s1. The molecule has 0 bridgehead atoms. The van der Waals surface area contributed by atoms with E-state index in [4.69, 9.17) is 5.26 Å². The van der Waals surface area contributed by atoms with Crippen LogP contribution in [-0.2, 0) is 4.79 Å². The van der Waals surface area contributed by atoms with Crippen LogP contribution in [0.25, 0.3) is 0 Å². The molecule has 0 aliphatic carbocycles. The van der Waals surface area contributed by atoms with Gasteiger partial charge in [-0.2, -0.15) is 5.26 Å². The van der Waals surface area contributed by atoms with E-state index in [0.29, 0.717) is 11.3 Å². The number of carbonyl (C=O) groups is 2. The summed E-state index contributed by atoms with van der Waals surface area (Å²) in [5.41, 5.74) is 2.26. The van der Waals surface area contributed by atoms with Crippen molar-refractivity contribution in [3.8, 4) is 6.07 Å². The van der Waals surface area contributed by atoms with Gasteiger partial charge in [0.15, 0.2) is 0 Å². The first-order valence-electron chi connectivity index (χ1n) is 7.97. The number of nitrogens with zero attached hydrogens (tertiary/aromatic N) is 1. The Kier molecular flexibility index (Phi) is 5.36. The lowest BCUT2D eigenvalue weighted by Crippen LogP contribution is -2.30. The van der Waals surface area contributed by atoms with E-state index in [-0.39, 0.29) is 24.3 Å². The van der Waals surface area contributed by atoms with Gasteiger partial charge in [0.1, 0.15) is 6.42 Å². The molecule has 0 radical (unpaired) electrons. The normalized spacial score (nSPS) is 15.6. The Morgan fingerprint density at radius 1 is 1.16 bits per heavy atom. The molecule has 1 aliphatic rings. The van der Waals surface area contributed by atoms with Gasteiger partial charge in [-0.15, -0.1) is 11.8 Å². The Balaban J connectivity index is 1.66. The fourth-order valence-electron chi connectivity index (χ4n) is 2.72. The van der Waals surface area contributed by atoms with Crippen LogP contribution in [0, 0.1) is 11.3 Å². The van der Waals surface area contributed by atoms with Crippen LogP contribution in [0.2, 0.25) is 0 Å². The SMILES string of the molecule is N#CCC(=O)Nc1ccc(C(=O)N[C@@H]2CCSc3ccccc32)cc1. The first-order chi connectivity index (χ1) is 12.2. The van der Waals surface area contributed by atoms with Gasteiger partial charge < -0.3 is 10.6 Å². The molecular formula is C19H17N3O2S. The van der Waals surface area contributed by atoms with Crippen molar-refractivity contribution in [2.24, 2.45) is 0 Å². The van der Waals surface area contributed by atoms with Crippen LogP contribution in [0.15, 0.2) is 53.4 Å². The number of amides is 2. The summed E-state index contributed by atoms with van der Waals surface area (Å²) in [5, 5.41) is 14.2. The van der Waals surface area contributed by atoms with Gasteiger partial charge in [-0.05, 0) is 42.3 Å². The van der Waals surface area contributed by atoms with Crippen molar-refractivity contribution >= 4 is 29.3 Å². The Morgan fingerprint density at radius 2 is 1.92 bits per heavy atom. The van der Waals surface area contributed by atoms with Gasteiger partial charge in [0, 0.05) is 21.9 Å². The number of benzene rings is 2. The van der Waals surface area contributed by atoms with Crippen LogP contribution >= 0.6 is 11.8 Å². The average molecular weight is 351 g/mol. The third-order valence-corrected chi connectivity index (χ3v) is 5.06. The average Bonchev–Trinajstić information content (AvgIpc) is 2.63. The number of hydrogen-bond donors (Lipinski definition) is 2. The van der Waals surface area contributed by atoms with Crippen molar-refractivity contribution in [1.29, 1.82) is 5.26 Å². The van der Waals surface area contributed by atoms with E-state index in [1.165, 1.54) is 4.90 Å². The molecule has 126 valence electrons. The number of hydrogen-bond acceptors (Lipinski definition) is 4. The molecule has 2 N–H and O–H groups in total. The maximum absolute atomic E-state index is 12.5. The number of nitriles is 1. The molecule has 1 heterocycles. The molecule has 6 heteroatoms. The molecule has 0 fully saturated rings. The van der Waals surface area contributed by atoms with Crippen LogP contribution in [0.4, 0.5) is 5.69 Å². The van der Waals surface area contributed by atoms with Crippen LogP contribution in [0.1, 0.15) is 34.8 Å². The highest BCUT2D eigenvalue weighted by Gasteiger charge is 2.22. The summed E-state index contributed by atoms with van der Waals surface area (Å²) in [4.78, 5) is 25.1. The molecule has 0 unspecified atom stereocenters. The predicted octanol–water partition coefficient (Wildman–Crippen LogP) is 3.51. The highest BCUT2D eigenvalue weighted by Crippen LogP contribution is 2.35. The Bertz CT molecular complexity index is 827. The van der Waals surface area contributed by atoms with Crippen LogP contribution in [0.5, 0.6) is 0 Å². The third-order valence-electron chi connectivity index (χ3n) is 3.93. The summed E-state index contributed by atoms with van der Waals surface area (Å²) in [5.74, 6) is 0.476. The maximum atomic E-state index is 12.5. The second-order valence-electron chi connectivity index (χ2n) is 5.66. The van der Waals surface area contributed by atoms with E-state index in [2.05, 4.69) is 22.8 Å². The molecule has 2 aromatic rings. The molecule has 0 spiro atoms. The molecular weight excluding hydrogens is 334 g/mol. The molecule has 0 saturated carbocycles. The Morgan fingerprint density at radius 3 is 2.68 bits per heavy atom.